The average Bonchev–Trinajstić information content (AvgIpc) is 3.05. The fourth-order valence-corrected chi connectivity index (χ4v) is 2.36. The Morgan fingerprint density at radius 2 is 2.18 bits per heavy atom. The van der Waals surface area contributed by atoms with E-state index < -0.39 is 0 Å². The van der Waals surface area contributed by atoms with Gasteiger partial charge in [0.2, 0.25) is 0 Å². The summed E-state index contributed by atoms with van der Waals surface area (Å²) in [5, 5.41) is 6.43. The number of aromatic nitrogens is 1. The van der Waals surface area contributed by atoms with Gasteiger partial charge < -0.3 is 15.5 Å². The number of aliphatic imine (C=N–C) groups is 1. The molecular weight excluding hydrogens is 389 g/mol. The van der Waals surface area contributed by atoms with Gasteiger partial charge in [0, 0.05) is 32.4 Å². The lowest BCUT2D eigenvalue weighted by Crippen LogP contribution is -2.37. The van der Waals surface area contributed by atoms with Gasteiger partial charge in [-0.3, -0.25) is 0 Å². The van der Waals surface area contributed by atoms with E-state index in [0.717, 1.165) is 31.4 Å². The van der Waals surface area contributed by atoms with E-state index in [-0.39, 0.29) is 24.0 Å². The van der Waals surface area contributed by atoms with Crippen LogP contribution < -0.4 is 15.5 Å². The SMILES string of the molecule is C=CCNC(=NCc1ccnc(N2CCCC2)c1)NCC.I. The number of guanidine groups is 1. The van der Waals surface area contributed by atoms with Crippen molar-refractivity contribution in [3.63, 3.8) is 0 Å². The van der Waals surface area contributed by atoms with Crippen molar-refractivity contribution in [3.8, 4) is 0 Å². The molecule has 0 amide bonds. The molecule has 1 aromatic heterocycles. The summed E-state index contributed by atoms with van der Waals surface area (Å²) >= 11 is 0. The van der Waals surface area contributed by atoms with E-state index in [4.69, 9.17) is 0 Å². The Balaban J connectivity index is 0.00000242. The average molecular weight is 415 g/mol. The number of pyridine rings is 1. The van der Waals surface area contributed by atoms with Crippen molar-refractivity contribution >= 4 is 35.8 Å². The predicted octanol–water partition coefficient (Wildman–Crippen LogP) is 2.54. The first-order valence-corrected chi connectivity index (χ1v) is 7.66. The molecule has 0 atom stereocenters. The van der Waals surface area contributed by atoms with Gasteiger partial charge in [0.25, 0.3) is 0 Å². The molecule has 2 heterocycles. The van der Waals surface area contributed by atoms with Gasteiger partial charge in [0.15, 0.2) is 5.96 Å². The molecule has 5 nitrogen and oxygen atoms in total. The first-order valence-electron chi connectivity index (χ1n) is 7.66. The summed E-state index contributed by atoms with van der Waals surface area (Å²) in [4.78, 5) is 11.4. The zero-order valence-electron chi connectivity index (χ0n) is 13.2. The van der Waals surface area contributed by atoms with Crippen molar-refractivity contribution < 1.29 is 0 Å². The summed E-state index contributed by atoms with van der Waals surface area (Å²) in [6.45, 7) is 10.2. The minimum absolute atomic E-state index is 0. The Labute approximate surface area is 150 Å². The number of nitrogens with zero attached hydrogens (tertiary/aromatic N) is 3. The van der Waals surface area contributed by atoms with Crippen molar-refractivity contribution in [1.29, 1.82) is 0 Å². The highest BCUT2D eigenvalue weighted by molar-refractivity contribution is 14.0. The van der Waals surface area contributed by atoms with Gasteiger partial charge in [-0.1, -0.05) is 6.08 Å². The van der Waals surface area contributed by atoms with Crippen LogP contribution in [0.5, 0.6) is 0 Å². The topological polar surface area (TPSA) is 52.6 Å². The molecule has 0 unspecified atom stereocenters. The molecular formula is C16H26IN5. The molecule has 6 heteroatoms. The normalized spacial score (nSPS) is 14.4. The fraction of sp³-hybridized carbons (Fsp3) is 0.500. The van der Waals surface area contributed by atoms with Crippen LogP contribution in [0.3, 0.4) is 0 Å². The highest BCUT2D eigenvalue weighted by Gasteiger charge is 2.13. The van der Waals surface area contributed by atoms with E-state index in [0.29, 0.717) is 13.1 Å². The van der Waals surface area contributed by atoms with E-state index in [1.54, 1.807) is 0 Å². The number of rotatable bonds is 6. The minimum atomic E-state index is 0. The van der Waals surface area contributed by atoms with Gasteiger partial charge >= 0.3 is 0 Å². The van der Waals surface area contributed by atoms with Crippen LogP contribution >= 0.6 is 24.0 Å². The standard InChI is InChI=1S/C16H25N5.HI/c1-3-8-19-16(17-4-2)20-13-14-7-9-18-15(12-14)21-10-5-6-11-21;/h3,7,9,12H,1,4-6,8,10-11,13H2,2H3,(H2,17,19,20);1H. The molecule has 1 aliphatic heterocycles. The number of anilines is 1. The molecule has 0 bridgehead atoms. The molecule has 22 heavy (non-hydrogen) atoms. The number of hydrogen-bond acceptors (Lipinski definition) is 3. The van der Waals surface area contributed by atoms with Gasteiger partial charge in [-0.05, 0) is 37.5 Å². The second-order valence-corrected chi connectivity index (χ2v) is 5.08. The molecule has 122 valence electrons. The molecule has 0 aromatic carbocycles. The fourth-order valence-electron chi connectivity index (χ4n) is 2.36. The molecule has 0 saturated carbocycles. The number of halogens is 1. The van der Waals surface area contributed by atoms with Crippen molar-refractivity contribution in [2.75, 3.05) is 31.1 Å². The number of nitrogens with one attached hydrogen (secondary N) is 2. The van der Waals surface area contributed by atoms with Crippen LogP contribution in [0.2, 0.25) is 0 Å². The van der Waals surface area contributed by atoms with E-state index in [1.165, 1.54) is 18.4 Å². The highest BCUT2D eigenvalue weighted by atomic mass is 127. The Hall–Kier alpha value is -1.31. The van der Waals surface area contributed by atoms with Crippen molar-refractivity contribution in [2.45, 2.75) is 26.3 Å². The summed E-state index contributed by atoms with van der Waals surface area (Å²) in [5.74, 6) is 1.89. The van der Waals surface area contributed by atoms with Crippen molar-refractivity contribution in [3.05, 3.63) is 36.5 Å². The monoisotopic (exact) mass is 415 g/mol. The smallest absolute Gasteiger partial charge is 0.191 e. The molecule has 1 saturated heterocycles. The van der Waals surface area contributed by atoms with Crippen LogP contribution in [-0.2, 0) is 6.54 Å². The zero-order valence-corrected chi connectivity index (χ0v) is 15.5. The Morgan fingerprint density at radius 1 is 1.41 bits per heavy atom. The maximum absolute atomic E-state index is 4.59. The van der Waals surface area contributed by atoms with Gasteiger partial charge in [0.05, 0.1) is 6.54 Å². The van der Waals surface area contributed by atoms with Crippen LogP contribution in [0.25, 0.3) is 0 Å². The van der Waals surface area contributed by atoms with Crippen LogP contribution in [0.4, 0.5) is 5.82 Å². The van der Waals surface area contributed by atoms with Gasteiger partial charge in [-0.25, -0.2) is 9.98 Å². The third-order valence-electron chi connectivity index (χ3n) is 3.42. The Bertz CT molecular complexity index is 483. The first-order chi connectivity index (χ1) is 10.3. The first kappa shape index (κ1) is 18.7. The largest absolute Gasteiger partial charge is 0.357 e. The molecule has 2 rings (SSSR count). The minimum Gasteiger partial charge on any atom is -0.357 e. The lowest BCUT2D eigenvalue weighted by Gasteiger charge is -2.16. The third kappa shape index (κ3) is 5.82. The quantitative estimate of drug-likeness (QED) is 0.325. The van der Waals surface area contributed by atoms with E-state index >= 15 is 0 Å². The van der Waals surface area contributed by atoms with Crippen LogP contribution in [-0.4, -0.2) is 37.1 Å². The summed E-state index contributed by atoms with van der Waals surface area (Å²) in [7, 11) is 0. The van der Waals surface area contributed by atoms with Gasteiger partial charge in [0.1, 0.15) is 5.82 Å². The lowest BCUT2D eigenvalue weighted by molar-refractivity contribution is 0.858. The molecule has 1 aromatic rings. The zero-order chi connectivity index (χ0) is 14.9. The molecule has 0 spiro atoms. The van der Waals surface area contributed by atoms with Gasteiger partial charge in [-0.15, -0.1) is 30.6 Å². The summed E-state index contributed by atoms with van der Waals surface area (Å²) < 4.78 is 0. The summed E-state index contributed by atoms with van der Waals surface area (Å²) in [6.07, 6.45) is 6.23. The summed E-state index contributed by atoms with van der Waals surface area (Å²) in [6, 6.07) is 4.17. The van der Waals surface area contributed by atoms with Gasteiger partial charge in [-0.2, -0.15) is 0 Å². The molecule has 1 fully saturated rings. The van der Waals surface area contributed by atoms with Crippen LogP contribution in [0.15, 0.2) is 36.0 Å². The second-order valence-electron chi connectivity index (χ2n) is 5.08. The third-order valence-corrected chi connectivity index (χ3v) is 3.42. The Kier molecular flexibility index (Phi) is 8.88. The molecule has 1 aliphatic rings. The number of hydrogen-bond donors (Lipinski definition) is 2. The summed E-state index contributed by atoms with van der Waals surface area (Å²) in [5.41, 5.74) is 1.18. The maximum Gasteiger partial charge on any atom is 0.191 e. The van der Waals surface area contributed by atoms with Crippen LogP contribution in [0, 0.1) is 0 Å². The Morgan fingerprint density at radius 3 is 2.86 bits per heavy atom. The molecule has 0 radical (unpaired) electrons. The molecule has 2 N–H and O–H groups in total. The van der Waals surface area contributed by atoms with Crippen LogP contribution in [0.1, 0.15) is 25.3 Å². The lowest BCUT2D eigenvalue weighted by atomic mass is 10.2. The van der Waals surface area contributed by atoms with E-state index in [2.05, 4.69) is 45.1 Å². The maximum atomic E-state index is 4.59. The van der Waals surface area contributed by atoms with Crippen molar-refractivity contribution in [2.24, 2.45) is 4.99 Å². The van der Waals surface area contributed by atoms with E-state index in [9.17, 15) is 0 Å². The molecule has 0 aliphatic carbocycles. The predicted molar refractivity (Wildman–Crippen MR) is 104 cm³/mol. The second kappa shape index (κ2) is 10.4. The van der Waals surface area contributed by atoms with E-state index in [1.807, 2.05) is 18.3 Å². The van der Waals surface area contributed by atoms with Crippen molar-refractivity contribution in [1.82, 2.24) is 15.6 Å². The highest BCUT2D eigenvalue weighted by Crippen LogP contribution is 2.18.